The molecule has 0 saturated heterocycles. The van der Waals surface area contributed by atoms with Crippen molar-refractivity contribution in [3.63, 3.8) is 0 Å². The van der Waals surface area contributed by atoms with Crippen LogP contribution in [0.3, 0.4) is 0 Å². The smallest absolute Gasteiger partial charge is 0.308 e. The van der Waals surface area contributed by atoms with Crippen molar-refractivity contribution in [3.05, 3.63) is 0 Å². The van der Waals surface area contributed by atoms with E-state index in [4.69, 9.17) is 11.6 Å². The van der Waals surface area contributed by atoms with Crippen LogP contribution in [0.2, 0.25) is 0 Å². The number of esters is 1. The maximum atomic E-state index is 11.3. The van der Waals surface area contributed by atoms with Gasteiger partial charge in [0, 0.05) is 5.92 Å². The fraction of sp³-hybridized carbons (Fsp3) is 0.800. The second-order valence-corrected chi connectivity index (χ2v) is 4.10. The Morgan fingerprint density at radius 2 is 1.71 bits per heavy atom. The van der Waals surface area contributed by atoms with Crippen molar-refractivity contribution in [2.24, 2.45) is 11.8 Å². The van der Waals surface area contributed by atoms with Crippen LogP contribution in [-0.2, 0) is 14.3 Å². The van der Waals surface area contributed by atoms with Crippen LogP contribution in [0.4, 0.5) is 0 Å². The first-order chi connectivity index (χ1) is 6.65. The van der Waals surface area contributed by atoms with Gasteiger partial charge in [-0.2, -0.15) is 0 Å². The number of ether oxygens (including phenoxy) is 1. The summed E-state index contributed by atoms with van der Waals surface area (Å²) in [6.07, 6.45) is 3.92. The summed E-state index contributed by atoms with van der Waals surface area (Å²) >= 11 is 5.44. The van der Waals surface area contributed by atoms with Gasteiger partial charge in [0.05, 0.1) is 13.0 Å². The highest BCUT2D eigenvalue weighted by atomic mass is 35.5. The predicted octanol–water partition coefficient (Wildman–Crippen LogP) is 2.12. The molecular weight excluding hydrogens is 204 g/mol. The molecule has 0 aromatic carbocycles. The number of carbonyl (C=O) groups excluding carboxylic acids is 2. The van der Waals surface area contributed by atoms with E-state index >= 15 is 0 Å². The van der Waals surface area contributed by atoms with Crippen molar-refractivity contribution >= 4 is 22.8 Å². The fourth-order valence-electron chi connectivity index (χ4n) is 1.93. The fourth-order valence-corrected chi connectivity index (χ4v) is 2.15. The van der Waals surface area contributed by atoms with Gasteiger partial charge in [0.15, 0.2) is 0 Å². The zero-order chi connectivity index (χ0) is 10.6. The van der Waals surface area contributed by atoms with Gasteiger partial charge in [-0.15, -0.1) is 0 Å². The molecule has 14 heavy (non-hydrogen) atoms. The Bertz CT molecular complexity index is 227. The summed E-state index contributed by atoms with van der Waals surface area (Å²) in [6.45, 7) is 0. The maximum absolute atomic E-state index is 11.3. The molecule has 0 spiro atoms. The maximum Gasteiger partial charge on any atom is 0.308 e. The second kappa shape index (κ2) is 5.35. The molecule has 2 atom stereocenters. The molecule has 1 saturated carbocycles. The molecule has 0 aromatic heterocycles. The van der Waals surface area contributed by atoms with Crippen LogP contribution in [0.25, 0.3) is 0 Å². The summed E-state index contributed by atoms with van der Waals surface area (Å²) in [5.74, 6) is -0.264. The summed E-state index contributed by atoms with van der Waals surface area (Å²) in [4.78, 5) is 22.2. The molecule has 1 aliphatic rings. The van der Waals surface area contributed by atoms with Crippen LogP contribution in [0.15, 0.2) is 0 Å². The summed E-state index contributed by atoms with van der Waals surface area (Å²) in [6, 6.07) is 0. The van der Waals surface area contributed by atoms with Gasteiger partial charge >= 0.3 is 5.97 Å². The molecule has 0 bridgehead atoms. The summed E-state index contributed by atoms with van der Waals surface area (Å²) in [5.41, 5.74) is 0. The Labute approximate surface area is 88.8 Å². The summed E-state index contributed by atoms with van der Waals surface area (Å²) < 4.78 is 4.68. The Kier molecular flexibility index (Phi) is 4.39. The second-order valence-electron chi connectivity index (χ2n) is 3.73. The van der Waals surface area contributed by atoms with E-state index in [1.165, 1.54) is 7.11 Å². The van der Waals surface area contributed by atoms with Gasteiger partial charge < -0.3 is 4.74 Å². The van der Waals surface area contributed by atoms with Gasteiger partial charge in [-0.05, 0) is 37.3 Å². The van der Waals surface area contributed by atoms with Gasteiger partial charge in [-0.1, -0.05) is 6.42 Å². The minimum absolute atomic E-state index is 0.0407. The highest BCUT2D eigenvalue weighted by molar-refractivity contribution is 6.63. The number of hydrogen-bond donors (Lipinski definition) is 0. The molecule has 1 rings (SSSR count). The monoisotopic (exact) mass is 218 g/mol. The van der Waals surface area contributed by atoms with Crippen molar-refractivity contribution in [3.8, 4) is 0 Å². The van der Waals surface area contributed by atoms with Crippen molar-refractivity contribution in [1.82, 2.24) is 0 Å². The van der Waals surface area contributed by atoms with E-state index < -0.39 is 0 Å². The molecule has 4 heteroatoms. The van der Waals surface area contributed by atoms with E-state index in [1.807, 2.05) is 0 Å². The molecule has 0 aliphatic heterocycles. The normalized spacial score (nSPS) is 27.9. The average Bonchev–Trinajstić information content (AvgIpc) is 2.41. The third-order valence-electron chi connectivity index (χ3n) is 2.82. The SMILES string of the molecule is COC(=O)C1CCCC(C(=O)Cl)CC1. The van der Waals surface area contributed by atoms with Crippen LogP contribution >= 0.6 is 11.6 Å². The van der Waals surface area contributed by atoms with E-state index in [-0.39, 0.29) is 23.0 Å². The van der Waals surface area contributed by atoms with Gasteiger partial charge in [0.2, 0.25) is 5.24 Å². The van der Waals surface area contributed by atoms with Crippen molar-refractivity contribution < 1.29 is 14.3 Å². The zero-order valence-corrected chi connectivity index (χ0v) is 9.05. The van der Waals surface area contributed by atoms with Gasteiger partial charge in [0.25, 0.3) is 0 Å². The Morgan fingerprint density at radius 1 is 1.14 bits per heavy atom. The molecule has 80 valence electrons. The lowest BCUT2D eigenvalue weighted by molar-refractivity contribution is -0.145. The average molecular weight is 219 g/mol. The molecule has 0 radical (unpaired) electrons. The standard InChI is InChI=1S/C10H15ClO3/c1-14-10(13)8-4-2-3-7(5-6-8)9(11)12/h7-8H,2-6H2,1H3. The third-order valence-corrected chi connectivity index (χ3v) is 3.13. The van der Waals surface area contributed by atoms with Crippen LogP contribution in [-0.4, -0.2) is 18.3 Å². The topological polar surface area (TPSA) is 43.4 Å². The Balaban J connectivity index is 2.48. The van der Waals surface area contributed by atoms with Gasteiger partial charge in [-0.25, -0.2) is 0 Å². The number of halogens is 1. The largest absolute Gasteiger partial charge is 0.469 e. The lowest BCUT2D eigenvalue weighted by Crippen LogP contribution is -2.15. The van der Waals surface area contributed by atoms with Crippen LogP contribution in [0, 0.1) is 11.8 Å². The number of hydrogen-bond acceptors (Lipinski definition) is 3. The minimum atomic E-state index is -0.268. The van der Waals surface area contributed by atoms with Crippen molar-refractivity contribution in [2.75, 3.05) is 7.11 Å². The van der Waals surface area contributed by atoms with Crippen LogP contribution in [0.1, 0.15) is 32.1 Å². The summed E-state index contributed by atoms with van der Waals surface area (Å²) in [5, 5.41) is -0.268. The number of methoxy groups -OCH3 is 1. The molecule has 2 unspecified atom stereocenters. The predicted molar refractivity (Wildman–Crippen MR) is 52.9 cm³/mol. The van der Waals surface area contributed by atoms with Crippen molar-refractivity contribution in [1.29, 1.82) is 0 Å². The van der Waals surface area contributed by atoms with E-state index in [0.29, 0.717) is 6.42 Å². The third kappa shape index (κ3) is 2.98. The zero-order valence-electron chi connectivity index (χ0n) is 8.29. The van der Waals surface area contributed by atoms with E-state index in [9.17, 15) is 9.59 Å². The first-order valence-electron chi connectivity index (χ1n) is 4.92. The molecule has 3 nitrogen and oxygen atoms in total. The van der Waals surface area contributed by atoms with E-state index in [0.717, 1.165) is 25.7 Å². The molecule has 0 heterocycles. The Hall–Kier alpha value is -0.570. The van der Waals surface area contributed by atoms with E-state index in [1.54, 1.807) is 0 Å². The Morgan fingerprint density at radius 3 is 2.29 bits per heavy atom. The molecule has 1 aliphatic carbocycles. The number of rotatable bonds is 2. The molecule has 1 fully saturated rings. The highest BCUT2D eigenvalue weighted by Crippen LogP contribution is 2.29. The van der Waals surface area contributed by atoms with Gasteiger partial charge in [-0.3, -0.25) is 9.59 Å². The first-order valence-corrected chi connectivity index (χ1v) is 5.30. The molecule has 0 aromatic rings. The lowest BCUT2D eigenvalue weighted by Gasteiger charge is -2.10. The lowest BCUT2D eigenvalue weighted by atomic mass is 9.99. The van der Waals surface area contributed by atoms with Gasteiger partial charge in [0.1, 0.15) is 0 Å². The molecular formula is C10H15ClO3. The highest BCUT2D eigenvalue weighted by Gasteiger charge is 2.26. The van der Waals surface area contributed by atoms with Crippen LogP contribution < -0.4 is 0 Å². The quantitative estimate of drug-likeness (QED) is 0.405. The van der Waals surface area contributed by atoms with E-state index in [2.05, 4.69) is 4.74 Å². The summed E-state index contributed by atoms with van der Waals surface area (Å²) in [7, 11) is 1.40. The number of carbonyl (C=O) groups is 2. The minimum Gasteiger partial charge on any atom is -0.469 e. The van der Waals surface area contributed by atoms with Crippen molar-refractivity contribution in [2.45, 2.75) is 32.1 Å². The molecule has 0 amide bonds. The first kappa shape index (κ1) is 11.5. The molecule has 0 N–H and O–H groups in total. The van der Waals surface area contributed by atoms with Crippen LogP contribution in [0.5, 0.6) is 0 Å².